The van der Waals surface area contributed by atoms with Gasteiger partial charge in [-0.2, -0.15) is 0 Å². The van der Waals surface area contributed by atoms with Crippen LogP contribution in [-0.2, 0) is 4.43 Å². The molecule has 1 aromatic carbocycles. The van der Waals surface area contributed by atoms with Crippen molar-refractivity contribution in [2.75, 3.05) is 24.7 Å². The van der Waals surface area contributed by atoms with Crippen LogP contribution in [0.4, 0.5) is 5.82 Å². The second kappa shape index (κ2) is 7.50. The highest BCUT2D eigenvalue weighted by atomic mass is 79.9. The molecule has 0 spiro atoms. The molecule has 2 aromatic rings. The molecule has 8 heteroatoms. The molecule has 0 aliphatic carbocycles. The maximum Gasteiger partial charge on any atom is 0.192 e. The lowest BCUT2D eigenvalue weighted by molar-refractivity contribution is 0.257. The zero-order valence-electron chi connectivity index (χ0n) is 16.8. The SMILES string of the molecule is CC(CO[Si](C)(C)C(C)(C)C)N1CCOc2c(Cl)c(Br)cc3ncnc1c23. The van der Waals surface area contributed by atoms with E-state index in [4.69, 9.17) is 20.8 Å². The fraction of sp³-hybridized carbons (Fsp3) is 0.579. The minimum absolute atomic E-state index is 0.161. The van der Waals surface area contributed by atoms with Crippen LogP contribution in [-0.4, -0.2) is 44.1 Å². The third-order valence-corrected chi connectivity index (χ3v) is 11.4. The van der Waals surface area contributed by atoms with E-state index in [2.05, 4.69) is 71.6 Å². The Morgan fingerprint density at radius 2 is 2.07 bits per heavy atom. The molecule has 1 atom stereocenters. The zero-order chi connectivity index (χ0) is 20.0. The van der Waals surface area contributed by atoms with Gasteiger partial charge in [-0.25, -0.2) is 9.97 Å². The lowest BCUT2D eigenvalue weighted by Gasteiger charge is -2.38. The predicted octanol–water partition coefficient (Wildman–Crippen LogP) is 5.65. The van der Waals surface area contributed by atoms with Crippen LogP contribution in [0.25, 0.3) is 10.9 Å². The summed E-state index contributed by atoms with van der Waals surface area (Å²) < 4.78 is 13.2. The summed E-state index contributed by atoms with van der Waals surface area (Å²) >= 11 is 9.97. The minimum atomic E-state index is -1.81. The summed E-state index contributed by atoms with van der Waals surface area (Å²) in [7, 11) is -1.81. The average molecular weight is 473 g/mol. The van der Waals surface area contributed by atoms with E-state index in [1.165, 1.54) is 0 Å². The van der Waals surface area contributed by atoms with Crippen molar-refractivity contribution in [3.05, 3.63) is 21.9 Å². The molecule has 0 radical (unpaired) electrons. The van der Waals surface area contributed by atoms with Crippen LogP contribution in [0.1, 0.15) is 27.7 Å². The van der Waals surface area contributed by atoms with E-state index >= 15 is 0 Å². The summed E-state index contributed by atoms with van der Waals surface area (Å²) in [5.41, 5.74) is 0.815. The van der Waals surface area contributed by atoms with Crippen LogP contribution in [0.5, 0.6) is 5.75 Å². The summed E-state index contributed by atoms with van der Waals surface area (Å²) in [6.45, 7) is 15.4. The van der Waals surface area contributed by atoms with Gasteiger partial charge in [-0.1, -0.05) is 32.4 Å². The number of aromatic nitrogens is 2. The Hall–Kier alpha value is -0.893. The zero-order valence-corrected chi connectivity index (χ0v) is 20.1. The molecule has 1 aliphatic rings. The molecule has 27 heavy (non-hydrogen) atoms. The number of anilines is 1. The third-order valence-electron chi connectivity index (χ3n) is 5.63. The van der Waals surface area contributed by atoms with Crippen LogP contribution >= 0.6 is 27.5 Å². The van der Waals surface area contributed by atoms with Crippen molar-refractivity contribution < 1.29 is 9.16 Å². The van der Waals surface area contributed by atoms with Crippen LogP contribution in [0.2, 0.25) is 23.2 Å². The van der Waals surface area contributed by atoms with E-state index in [1.54, 1.807) is 6.33 Å². The number of ether oxygens (including phenoxy) is 1. The van der Waals surface area contributed by atoms with Crippen LogP contribution in [0.15, 0.2) is 16.9 Å². The van der Waals surface area contributed by atoms with Gasteiger partial charge in [-0.15, -0.1) is 0 Å². The minimum Gasteiger partial charge on any atom is -0.489 e. The molecule has 0 saturated heterocycles. The van der Waals surface area contributed by atoms with Crippen molar-refractivity contribution in [3.63, 3.8) is 0 Å². The number of hydrogen-bond donors (Lipinski definition) is 0. The molecule has 0 bridgehead atoms. The largest absolute Gasteiger partial charge is 0.489 e. The summed E-state index contributed by atoms with van der Waals surface area (Å²) in [5.74, 6) is 1.50. The summed E-state index contributed by atoms with van der Waals surface area (Å²) in [4.78, 5) is 11.2. The van der Waals surface area contributed by atoms with Gasteiger partial charge in [-0.05, 0) is 47.1 Å². The normalized spacial score (nSPS) is 16.2. The van der Waals surface area contributed by atoms with E-state index in [0.29, 0.717) is 24.0 Å². The van der Waals surface area contributed by atoms with Crippen molar-refractivity contribution in [1.82, 2.24) is 9.97 Å². The molecule has 0 amide bonds. The molecule has 0 fully saturated rings. The monoisotopic (exact) mass is 471 g/mol. The third kappa shape index (κ3) is 3.97. The number of halogens is 2. The van der Waals surface area contributed by atoms with E-state index in [-0.39, 0.29) is 11.1 Å². The fourth-order valence-electron chi connectivity index (χ4n) is 2.89. The molecule has 1 aromatic heterocycles. The molecule has 0 saturated carbocycles. The quantitative estimate of drug-likeness (QED) is 0.538. The Balaban J connectivity index is 1.94. The van der Waals surface area contributed by atoms with E-state index < -0.39 is 8.32 Å². The van der Waals surface area contributed by atoms with E-state index in [9.17, 15) is 0 Å². The summed E-state index contributed by atoms with van der Waals surface area (Å²) in [6, 6.07) is 2.07. The summed E-state index contributed by atoms with van der Waals surface area (Å²) in [6.07, 6.45) is 1.60. The lowest BCUT2D eigenvalue weighted by Crippen LogP contribution is -2.46. The van der Waals surface area contributed by atoms with Gasteiger partial charge in [0.05, 0.1) is 29.1 Å². The maximum absolute atomic E-state index is 6.48. The smallest absolute Gasteiger partial charge is 0.192 e. The lowest BCUT2D eigenvalue weighted by atomic mass is 10.2. The van der Waals surface area contributed by atoms with Gasteiger partial charge in [0.25, 0.3) is 0 Å². The van der Waals surface area contributed by atoms with E-state index in [1.807, 2.05) is 6.07 Å². The Kier molecular flexibility index (Phi) is 5.79. The fourth-order valence-corrected chi connectivity index (χ4v) is 4.58. The van der Waals surface area contributed by atoms with Gasteiger partial charge in [-0.3, -0.25) is 0 Å². The van der Waals surface area contributed by atoms with Gasteiger partial charge in [0.1, 0.15) is 18.8 Å². The first kappa shape index (κ1) is 20.8. The van der Waals surface area contributed by atoms with Crippen LogP contribution < -0.4 is 9.64 Å². The molecule has 0 N–H and O–H groups in total. The van der Waals surface area contributed by atoms with Gasteiger partial charge < -0.3 is 14.1 Å². The highest BCUT2D eigenvalue weighted by Crippen LogP contribution is 2.43. The second-order valence-corrected chi connectivity index (χ2v) is 14.6. The van der Waals surface area contributed by atoms with Crippen molar-refractivity contribution in [2.24, 2.45) is 0 Å². The van der Waals surface area contributed by atoms with Crippen molar-refractivity contribution in [3.8, 4) is 5.75 Å². The molecule has 148 valence electrons. The number of hydrogen-bond acceptors (Lipinski definition) is 5. The molecule has 3 rings (SSSR count). The van der Waals surface area contributed by atoms with Gasteiger partial charge in [0.2, 0.25) is 0 Å². The van der Waals surface area contributed by atoms with Crippen molar-refractivity contribution >= 4 is 52.6 Å². The Morgan fingerprint density at radius 1 is 1.37 bits per heavy atom. The molecular formula is C19H27BrClN3O2Si. The molecule has 1 aliphatic heterocycles. The standard InChI is InChI=1S/C19H27BrClN3O2Si/c1-12(10-26-27(5,6)19(2,3)4)24-7-8-25-17-15-14(9-13(20)16(17)21)22-11-23-18(15)24/h9,11-12H,7-8,10H2,1-6H3. The van der Waals surface area contributed by atoms with Crippen molar-refractivity contribution in [1.29, 1.82) is 0 Å². The average Bonchev–Trinajstić information content (AvgIpc) is 2.78. The van der Waals surface area contributed by atoms with Crippen LogP contribution in [0, 0.1) is 0 Å². The Bertz CT molecular complexity index is 857. The first-order valence-electron chi connectivity index (χ1n) is 9.19. The van der Waals surface area contributed by atoms with Gasteiger partial charge >= 0.3 is 0 Å². The number of nitrogens with zero attached hydrogens (tertiary/aromatic N) is 3. The maximum atomic E-state index is 6.48. The first-order valence-corrected chi connectivity index (χ1v) is 13.3. The van der Waals surface area contributed by atoms with Crippen LogP contribution in [0.3, 0.4) is 0 Å². The molecule has 5 nitrogen and oxygen atoms in total. The molecule has 1 unspecified atom stereocenters. The van der Waals surface area contributed by atoms with Crippen molar-refractivity contribution in [2.45, 2.75) is 51.9 Å². The topological polar surface area (TPSA) is 47.5 Å². The molecular weight excluding hydrogens is 446 g/mol. The Morgan fingerprint density at radius 3 is 2.74 bits per heavy atom. The highest BCUT2D eigenvalue weighted by Gasteiger charge is 2.38. The molecule has 2 heterocycles. The summed E-state index contributed by atoms with van der Waals surface area (Å²) in [5, 5.41) is 1.61. The number of benzene rings is 1. The second-order valence-electron chi connectivity index (χ2n) is 8.56. The Labute approximate surface area is 175 Å². The van der Waals surface area contributed by atoms with Gasteiger partial charge in [0.15, 0.2) is 14.1 Å². The van der Waals surface area contributed by atoms with Gasteiger partial charge in [0, 0.05) is 10.5 Å². The predicted molar refractivity (Wildman–Crippen MR) is 118 cm³/mol. The first-order chi connectivity index (χ1) is 12.5. The van der Waals surface area contributed by atoms with E-state index in [0.717, 1.165) is 27.7 Å². The number of rotatable bonds is 4. The highest BCUT2D eigenvalue weighted by molar-refractivity contribution is 9.10.